The first kappa shape index (κ1) is 9.24. The number of ketones is 1. The van der Waals surface area contributed by atoms with Gasteiger partial charge in [0.2, 0.25) is 0 Å². The molecule has 6 nitrogen and oxygen atoms in total. The minimum absolute atomic E-state index is 0.0688. The maximum absolute atomic E-state index is 11.2. The molecule has 0 bridgehead atoms. The molecule has 0 aromatic carbocycles. The third kappa shape index (κ3) is 2.05. The number of H-pyrrole nitrogens is 1. The van der Waals surface area contributed by atoms with Crippen molar-refractivity contribution in [2.75, 3.05) is 0 Å². The largest absolute Gasteiger partial charge is 0.410 e. The van der Waals surface area contributed by atoms with Crippen molar-refractivity contribution in [3.05, 3.63) is 11.9 Å². The summed E-state index contributed by atoms with van der Waals surface area (Å²) in [6, 6.07) is 0. The number of nitrogens with two attached hydrogens (primary N) is 1. The molecule has 13 heavy (non-hydrogen) atoms. The molecule has 0 fully saturated rings. The van der Waals surface area contributed by atoms with Gasteiger partial charge in [0.25, 0.3) is 0 Å². The molecule has 0 aliphatic carbocycles. The number of hydrogen-bond donors (Lipinski definition) is 2. The summed E-state index contributed by atoms with van der Waals surface area (Å²) >= 11 is 0. The molecule has 0 unspecified atom stereocenters. The minimum atomic E-state index is -0.966. The van der Waals surface area contributed by atoms with Gasteiger partial charge in [-0.25, -0.2) is 4.79 Å². The van der Waals surface area contributed by atoms with E-state index in [1.54, 1.807) is 6.92 Å². The van der Waals surface area contributed by atoms with Crippen LogP contribution in [0.3, 0.4) is 0 Å². The van der Waals surface area contributed by atoms with Crippen molar-refractivity contribution in [3.8, 4) is 5.75 Å². The van der Waals surface area contributed by atoms with Crippen LogP contribution in [-0.4, -0.2) is 22.1 Å². The SMILES string of the molecule is CCC(=O)c1[nH]ncc1OC(N)=O. The van der Waals surface area contributed by atoms with Crippen LogP contribution in [0.5, 0.6) is 5.75 Å². The Bertz CT molecular complexity index is 331. The molecule has 0 saturated heterocycles. The van der Waals surface area contributed by atoms with Crippen LogP contribution in [-0.2, 0) is 0 Å². The lowest BCUT2D eigenvalue weighted by atomic mass is 10.2. The number of rotatable bonds is 3. The second-order valence-electron chi connectivity index (χ2n) is 2.31. The number of primary amides is 1. The van der Waals surface area contributed by atoms with Crippen molar-refractivity contribution in [1.29, 1.82) is 0 Å². The Labute approximate surface area is 74.1 Å². The van der Waals surface area contributed by atoms with Crippen molar-refractivity contribution in [1.82, 2.24) is 10.2 Å². The molecule has 1 rings (SSSR count). The monoisotopic (exact) mass is 183 g/mol. The van der Waals surface area contributed by atoms with E-state index in [0.29, 0.717) is 6.42 Å². The van der Waals surface area contributed by atoms with E-state index in [1.165, 1.54) is 6.20 Å². The Balaban J connectivity index is 2.89. The van der Waals surface area contributed by atoms with Crippen LogP contribution in [0.2, 0.25) is 0 Å². The Morgan fingerprint density at radius 3 is 2.92 bits per heavy atom. The average Bonchev–Trinajstić information content (AvgIpc) is 2.50. The van der Waals surface area contributed by atoms with Gasteiger partial charge in [0.05, 0.1) is 6.20 Å². The number of carbonyl (C=O) groups excluding carboxylic acids is 2. The number of nitrogens with zero attached hydrogens (tertiary/aromatic N) is 1. The zero-order valence-corrected chi connectivity index (χ0v) is 7.03. The highest BCUT2D eigenvalue weighted by molar-refractivity contribution is 5.96. The molecule has 0 atom stereocenters. The molecule has 3 N–H and O–H groups in total. The van der Waals surface area contributed by atoms with Gasteiger partial charge >= 0.3 is 6.09 Å². The van der Waals surface area contributed by atoms with Gasteiger partial charge < -0.3 is 10.5 Å². The number of aromatic amines is 1. The first-order valence-corrected chi connectivity index (χ1v) is 3.69. The molecular weight excluding hydrogens is 174 g/mol. The van der Waals surface area contributed by atoms with Crippen LogP contribution >= 0.6 is 0 Å². The molecule has 0 radical (unpaired) electrons. The highest BCUT2D eigenvalue weighted by Crippen LogP contribution is 2.16. The smallest absolute Gasteiger partial charge is 0.406 e. The van der Waals surface area contributed by atoms with Gasteiger partial charge in [0.15, 0.2) is 11.5 Å². The zero-order valence-electron chi connectivity index (χ0n) is 7.03. The van der Waals surface area contributed by atoms with Crippen molar-refractivity contribution in [3.63, 3.8) is 0 Å². The van der Waals surface area contributed by atoms with E-state index < -0.39 is 6.09 Å². The molecule has 1 heterocycles. The highest BCUT2D eigenvalue weighted by Gasteiger charge is 2.14. The fourth-order valence-electron chi connectivity index (χ4n) is 0.837. The molecule has 1 aromatic rings. The minimum Gasteiger partial charge on any atom is -0.406 e. The van der Waals surface area contributed by atoms with Crippen LogP contribution < -0.4 is 10.5 Å². The van der Waals surface area contributed by atoms with Gasteiger partial charge in [-0.3, -0.25) is 9.89 Å². The van der Waals surface area contributed by atoms with Crippen LogP contribution in [0, 0.1) is 0 Å². The Morgan fingerprint density at radius 2 is 2.38 bits per heavy atom. The number of carbonyl (C=O) groups is 2. The Hall–Kier alpha value is -1.85. The molecule has 0 spiro atoms. The van der Waals surface area contributed by atoms with E-state index in [4.69, 9.17) is 5.73 Å². The van der Waals surface area contributed by atoms with Crippen LogP contribution in [0.25, 0.3) is 0 Å². The summed E-state index contributed by atoms with van der Waals surface area (Å²) in [5.74, 6) is -0.117. The summed E-state index contributed by atoms with van der Waals surface area (Å²) in [5.41, 5.74) is 4.95. The summed E-state index contributed by atoms with van der Waals surface area (Å²) in [4.78, 5) is 21.6. The first-order valence-electron chi connectivity index (χ1n) is 3.69. The summed E-state index contributed by atoms with van der Waals surface area (Å²) in [6.45, 7) is 1.69. The first-order chi connectivity index (χ1) is 6.15. The van der Waals surface area contributed by atoms with E-state index in [0.717, 1.165) is 0 Å². The predicted molar refractivity (Wildman–Crippen MR) is 43.4 cm³/mol. The Morgan fingerprint density at radius 1 is 1.69 bits per heavy atom. The summed E-state index contributed by atoms with van der Waals surface area (Å²) in [7, 11) is 0. The summed E-state index contributed by atoms with van der Waals surface area (Å²) < 4.78 is 4.53. The third-order valence-electron chi connectivity index (χ3n) is 1.42. The van der Waals surface area contributed by atoms with Crippen molar-refractivity contribution < 1.29 is 14.3 Å². The van der Waals surface area contributed by atoms with Gasteiger partial charge in [0.1, 0.15) is 5.69 Å². The van der Waals surface area contributed by atoms with Gasteiger partial charge in [-0.2, -0.15) is 5.10 Å². The maximum Gasteiger partial charge on any atom is 0.410 e. The number of Topliss-reactive ketones (excluding diaryl/α,β-unsaturated/α-hetero) is 1. The van der Waals surface area contributed by atoms with E-state index in [-0.39, 0.29) is 17.2 Å². The number of nitrogens with one attached hydrogen (secondary N) is 1. The molecule has 6 heteroatoms. The number of amides is 1. The number of aromatic nitrogens is 2. The van der Waals surface area contributed by atoms with Gasteiger partial charge in [-0.05, 0) is 0 Å². The second-order valence-corrected chi connectivity index (χ2v) is 2.31. The topological polar surface area (TPSA) is 98.1 Å². The average molecular weight is 183 g/mol. The van der Waals surface area contributed by atoms with Crippen molar-refractivity contribution in [2.45, 2.75) is 13.3 Å². The van der Waals surface area contributed by atoms with E-state index in [2.05, 4.69) is 14.9 Å². The number of ether oxygens (including phenoxy) is 1. The predicted octanol–water partition coefficient (Wildman–Crippen LogP) is 0.460. The van der Waals surface area contributed by atoms with Gasteiger partial charge in [0, 0.05) is 6.42 Å². The third-order valence-corrected chi connectivity index (χ3v) is 1.42. The quantitative estimate of drug-likeness (QED) is 0.665. The summed E-state index contributed by atoms with van der Waals surface area (Å²) in [6.07, 6.45) is 0.567. The van der Waals surface area contributed by atoms with Gasteiger partial charge in [-0.15, -0.1) is 0 Å². The molecule has 0 aliphatic heterocycles. The molecule has 0 aliphatic rings. The molecule has 1 amide bonds. The fraction of sp³-hybridized carbons (Fsp3) is 0.286. The van der Waals surface area contributed by atoms with E-state index in [1.807, 2.05) is 0 Å². The molecule has 0 saturated carbocycles. The molecule has 70 valence electrons. The summed E-state index contributed by atoms with van der Waals surface area (Å²) in [5, 5.41) is 6.00. The van der Waals surface area contributed by atoms with Crippen molar-refractivity contribution >= 4 is 11.9 Å². The lowest BCUT2D eigenvalue weighted by Crippen LogP contribution is -2.17. The maximum atomic E-state index is 11.2. The fourth-order valence-corrected chi connectivity index (χ4v) is 0.837. The molecular formula is C7H9N3O3. The number of hydrogen-bond acceptors (Lipinski definition) is 4. The van der Waals surface area contributed by atoms with Crippen LogP contribution in [0.1, 0.15) is 23.8 Å². The van der Waals surface area contributed by atoms with Crippen LogP contribution in [0.4, 0.5) is 4.79 Å². The zero-order chi connectivity index (χ0) is 9.84. The Kier molecular flexibility index (Phi) is 2.63. The second kappa shape index (κ2) is 3.70. The molecule has 1 aromatic heterocycles. The normalized spacial score (nSPS) is 9.62. The van der Waals surface area contributed by atoms with E-state index >= 15 is 0 Å². The van der Waals surface area contributed by atoms with Crippen molar-refractivity contribution in [2.24, 2.45) is 5.73 Å². The lowest BCUT2D eigenvalue weighted by molar-refractivity contribution is 0.0981. The van der Waals surface area contributed by atoms with E-state index in [9.17, 15) is 9.59 Å². The highest BCUT2D eigenvalue weighted by atomic mass is 16.5. The standard InChI is InChI=1S/C7H9N3O3/c1-2-4(11)6-5(3-9-10-6)13-7(8)12/h3H,2H2,1H3,(H2,8,12)(H,9,10). The van der Waals surface area contributed by atoms with Crippen LogP contribution in [0.15, 0.2) is 6.20 Å². The lowest BCUT2D eigenvalue weighted by Gasteiger charge is -1.98. The van der Waals surface area contributed by atoms with Gasteiger partial charge in [-0.1, -0.05) is 6.92 Å².